The molecule has 1 rings (SSSR count). The minimum Gasteiger partial charge on any atom is -0.387 e. The van der Waals surface area contributed by atoms with Crippen molar-refractivity contribution < 1.29 is 9.84 Å². The minimum absolute atomic E-state index is 0.284. The first-order valence-electron chi connectivity index (χ1n) is 5.16. The van der Waals surface area contributed by atoms with Gasteiger partial charge in [-0.1, -0.05) is 30.1 Å². The van der Waals surface area contributed by atoms with E-state index in [-0.39, 0.29) is 6.61 Å². The molecule has 0 radical (unpaired) electrons. The van der Waals surface area contributed by atoms with Crippen molar-refractivity contribution in [3.63, 3.8) is 0 Å². The molecule has 16 heavy (non-hydrogen) atoms. The topological polar surface area (TPSA) is 29.5 Å². The van der Waals surface area contributed by atoms with Crippen LogP contribution in [0, 0.1) is 0 Å². The van der Waals surface area contributed by atoms with Crippen molar-refractivity contribution in [2.75, 3.05) is 13.7 Å². The van der Waals surface area contributed by atoms with Gasteiger partial charge in [0.05, 0.1) is 12.2 Å². The van der Waals surface area contributed by atoms with E-state index in [9.17, 15) is 5.11 Å². The van der Waals surface area contributed by atoms with E-state index in [1.807, 2.05) is 6.92 Å². The van der Waals surface area contributed by atoms with Crippen LogP contribution >= 0.6 is 23.2 Å². The lowest BCUT2D eigenvalue weighted by molar-refractivity contribution is -0.0333. The van der Waals surface area contributed by atoms with Crippen molar-refractivity contribution in [3.8, 4) is 0 Å². The third-order valence-corrected chi connectivity index (χ3v) is 3.20. The Bertz CT molecular complexity index is 355. The van der Waals surface area contributed by atoms with E-state index in [1.54, 1.807) is 25.3 Å². The second-order valence-electron chi connectivity index (χ2n) is 3.92. The second-order valence-corrected chi connectivity index (χ2v) is 4.77. The van der Waals surface area contributed by atoms with E-state index in [4.69, 9.17) is 27.9 Å². The standard InChI is InChI=1S/C12H16Cl2O2/c1-3-12(15,8-16-2)7-9-6-10(13)4-5-11(9)14/h4-6,15H,3,7-8H2,1-2H3. The zero-order valence-corrected chi connectivity index (χ0v) is 11.0. The Hall–Kier alpha value is -0.280. The predicted molar refractivity (Wildman–Crippen MR) is 67.3 cm³/mol. The molecule has 1 atom stereocenters. The number of hydrogen-bond acceptors (Lipinski definition) is 2. The van der Waals surface area contributed by atoms with E-state index in [0.717, 1.165) is 5.56 Å². The summed E-state index contributed by atoms with van der Waals surface area (Å²) < 4.78 is 5.01. The third-order valence-electron chi connectivity index (χ3n) is 2.60. The summed E-state index contributed by atoms with van der Waals surface area (Å²) in [4.78, 5) is 0. The van der Waals surface area contributed by atoms with Crippen LogP contribution in [0.15, 0.2) is 18.2 Å². The molecule has 0 fully saturated rings. The molecule has 0 aromatic heterocycles. The molecule has 90 valence electrons. The highest BCUT2D eigenvalue weighted by Crippen LogP contribution is 2.26. The lowest BCUT2D eigenvalue weighted by Gasteiger charge is -2.26. The zero-order chi connectivity index (χ0) is 12.2. The summed E-state index contributed by atoms with van der Waals surface area (Å²) in [5.74, 6) is 0. The van der Waals surface area contributed by atoms with Crippen molar-refractivity contribution in [2.24, 2.45) is 0 Å². The Morgan fingerprint density at radius 2 is 2.06 bits per heavy atom. The fraction of sp³-hybridized carbons (Fsp3) is 0.500. The highest BCUT2D eigenvalue weighted by molar-refractivity contribution is 6.33. The number of rotatable bonds is 5. The quantitative estimate of drug-likeness (QED) is 0.883. The summed E-state index contributed by atoms with van der Waals surface area (Å²) in [6.07, 6.45) is 1.04. The first kappa shape index (κ1) is 13.8. The molecule has 2 nitrogen and oxygen atoms in total. The fourth-order valence-electron chi connectivity index (χ4n) is 1.58. The van der Waals surface area contributed by atoms with Gasteiger partial charge in [-0.25, -0.2) is 0 Å². The van der Waals surface area contributed by atoms with Crippen molar-refractivity contribution in [3.05, 3.63) is 33.8 Å². The molecule has 0 saturated carbocycles. The van der Waals surface area contributed by atoms with Crippen LogP contribution in [0.1, 0.15) is 18.9 Å². The second kappa shape index (κ2) is 5.87. The largest absolute Gasteiger partial charge is 0.387 e. The van der Waals surface area contributed by atoms with Crippen LogP contribution in [-0.2, 0) is 11.2 Å². The zero-order valence-electron chi connectivity index (χ0n) is 9.46. The molecule has 0 aliphatic carbocycles. The van der Waals surface area contributed by atoms with E-state index in [0.29, 0.717) is 22.9 Å². The van der Waals surface area contributed by atoms with E-state index < -0.39 is 5.60 Å². The van der Waals surface area contributed by atoms with Gasteiger partial charge in [0.15, 0.2) is 0 Å². The van der Waals surface area contributed by atoms with Gasteiger partial charge in [-0.15, -0.1) is 0 Å². The molecule has 0 bridgehead atoms. The molecular weight excluding hydrogens is 247 g/mol. The Morgan fingerprint density at radius 3 is 2.62 bits per heavy atom. The van der Waals surface area contributed by atoms with Gasteiger partial charge in [0, 0.05) is 23.6 Å². The first-order chi connectivity index (χ1) is 7.50. The van der Waals surface area contributed by atoms with Crippen LogP contribution in [0.4, 0.5) is 0 Å². The maximum atomic E-state index is 10.3. The van der Waals surface area contributed by atoms with E-state index in [2.05, 4.69) is 0 Å². The summed E-state index contributed by atoms with van der Waals surface area (Å²) in [7, 11) is 1.57. The van der Waals surface area contributed by atoms with Gasteiger partial charge >= 0.3 is 0 Å². The smallest absolute Gasteiger partial charge is 0.0917 e. The molecule has 1 aromatic carbocycles. The summed E-state index contributed by atoms with van der Waals surface area (Å²) >= 11 is 11.9. The van der Waals surface area contributed by atoms with Crippen LogP contribution < -0.4 is 0 Å². The highest BCUT2D eigenvalue weighted by Gasteiger charge is 2.26. The molecule has 1 unspecified atom stereocenters. The average molecular weight is 263 g/mol. The molecule has 1 N–H and O–H groups in total. The molecule has 0 aliphatic heterocycles. The maximum absolute atomic E-state index is 10.3. The molecule has 0 heterocycles. The summed E-state index contributed by atoms with van der Waals surface area (Å²) in [6.45, 7) is 2.20. The first-order valence-corrected chi connectivity index (χ1v) is 5.91. The van der Waals surface area contributed by atoms with Crippen LogP contribution in [0.2, 0.25) is 10.0 Å². The van der Waals surface area contributed by atoms with Gasteiger partial charge in [-0.3, -0.25) is 0 Å². The van der Waals surface area contributed by atoms with Crippen molar-refractivity contribution in [1.82, 2.24) is 0 Å². The molecular formula is C12H16Cl2O2. The molecule has 0 aliphatic rings. The number of aliphatic hydroxyl groups is 1. The van der Waals surface area contributed by atoms with Crippen molar-refractivity contribution in [2.45, 2.75) is 25.4 Å². The Balaban J connectivity index is 2.89. The Labute approximate surface area is 106 Å². The fourth-order valence-corrected chi connectivity index (χ4v) is 1.96. The lowest BCUT2D eigenvalue weighted by Crippen LogP contribution is -2.35. The summed E-state index contributed by atoms with van der Waals surface area (Å²) in [5, 5.41) is 11.5. The van der Waals surface area contributed by atoms with Crippen LogP contribution in [0.25, 0.3) is 0 Å². The molecule has 0 spiro atoms. The lowest BCUT2D eigenvalue weighted by atomic mass is 9.93. The van der Waals surface area contributed by atoms with Gasteiger partial charge < -0.3 is 9.84 Å². The molecule has 0 amide bonds. The number of methoxy groups -OCH3 is 1. The average Bonchev–Trinajstić information content (AvgIpc) is 2.24. The van der Waals surface area contributed by atoms with Crippen LogP contribution in [0.3, 0.4) is 0 Å². The SMILES string of the molecule is CCC(O)(COC)Cc1cc(Cl)ccc1Cl. The Morgan fingerprint density at radius 1 is 1.38 bits per heavy atom. The van der Waals surface area contributed by atoms with Crippen LogP contribution in [-0.4, -0.2) is 24.4 Å². The van der Waals surface area contributed by atoms with E-state index >= 15 is 0 Å². The molecule has 4 heteroatoms. The molecule has 1 aromatic rings. The molecule has 0 saturated heterocycles. The van der Waals surface area contributed by atoms with Crippen LogP contribution in [0.5, 0.6) is 0 Å². The number of benzene rings is 1. The van der Waals surface area contributed by atoms with Gasteiger partial charge in [-0.2, -0.15) is 0 Å². The van der Waals surface area contributed by atoms with Gasteiger partial charge in [0.2, 0.25) is 0 Å². The van der Waals surface area contributed by atoms with E-state index in [1.165, 1.54) is 0 Å². The summed E-state index contributed by atoms with van der Waals surface area (Å²) in [5.41, 5.74) is -0.0427. The predicted octanol–water partition coefficient (Wildman–Crippen LogP) is 3.32. The normalized spacial score (nSPS) is 14.8. The Kier molecular flexibility index (Phi) is 5.06. The van der Waals surface area contributed by atoms with Crippen molar-refractivity contribution in [1.29, 1.82) is 0 Å². The number of ether oxygens (including phenoxy) is 1. The maximum Gasteiger partial charge on any atom is 0.0917 e. The number of hydrogen-bond donors (Lipinski definition) is 1. The third kappa shape index (κ3) is 3.63. The summed E-state index contributed by atoms with van der Waals surface area (Å²) in [6, 6.07) is 5.25. The van der Waals surface area contributed by atoms with Gasteiger partial charge in [-0.05, 0) is 30.2 Å². The van der Waals surface area contributed by atoms with Gasteiger partial charge in [0.25, 0.3) is 0 Å². The van der Waals surface area contributed by atoms with Gasteiger partial charge in [0.1, 0.15) is 0 Å². The van der Waals surface area contributed by atoms with Crippen molar-refractivity contribution >= 4 is 23.2 Å². The monoisotopic (exact) mass is 262 g/mol. The number of halogens is 2. The minimum atomic E-state index is -0.886. The highest BCUT2D eigenvalue weighted by atomic mass is 35.5.